The Kier molecular flexibility index (Phi) is 4.71. The second-order valence-corrected chi connectivity index (χ2v) is 2.99. The van der Waals surface area contributed by atoms with Gasteiger partial charge in [-0.2, -0.15) is 0 Å². The van der Waals surface area contributed by atoms with E-state index in [-0.39, 0.29) is 0 Å². The van der Waals surface area contributed by atoms with E-state index < -0.39 is 0 Å². The maximum Gasteiger partial charge on any atom is 0.0518 e. The van der Waals surface area contributed by atoms with E-state index in [2.05, 4.69) is 20.8 Å². The molecule has 0 radical (unpaired) electrons. The molecule has 0 aliphatic heterocycles. The van der Waals surface area contributed by atoms with Crippen molar-refractivity contribution in [3.05, 3.63) is 0 Å². The Morgan fingerprint density at radius 1 is 1.00 bits per heavy atom. The SMILES string of the molecule is CCC(CC)(CC)COC. The van der Waals surface area contributed by atoms with Gasteiger partial charge in [0.15, 0.2) is 0 Å². The molecule has 0 aliphatic rings. The van der Waals surface area contributed by atoms with Gasteiger partial charge in [-0.3, -0.25) is 0 Å². The van der Waals surface area contributed by atoms with Crippen molar-refractivity contribution < 1.29 is 4.74 Å². The fraction of sp³-hybridized carbons (Fsp3) is 1.00. The Hall–Kier alpha value is -0.0400. The topological polar surface area (TPSA) is 9.23 Å². The second-order valence-electron chi connectivity index (χ2n) is 2.99. The first-order valence-corrected chi connectivity index (χ1v) is 4.23. The average Bonchev–Trinajstić information content (AvgIpc) is 2.01. The zero-order valence-electron chi connectivity index (χ0n) is 7.74. The highest BCUT2D eigenvalue weighted by molar-refractivity contribution is 4.73. The quantitative estimate of drug-likeness (QED) is 0.576. The molecule has 0 N–H and O–H groups in total. The summed E-state index contributed by atoms with van der Waals surface area (Å²) in [5.74, 6) is 0. The van der Waals surface area contributed by atoms with Crippen molar-refractivity contribution in [2.75, 3.05) is 13.7 Å². The van der Waals surface area contributed by atoms with E-state index in [1.807, 2.05) is 0 Å². The standard InChI is InChI=1S/C9H20O/c1-5-9(6-2,7-3)8-10-4/h5-8H2,1-4H3. The van der Waals surface area contributed by atoms with Gasteiger partial charge in [-0.15, -0.1) is 0 Å². The van der Waals surface area contributed by atoms with Gasteiger partial charge in [0.2, 0.25) is 0 Å². The molecule has 0 aliphatic carbocycles. The van der Waals surface area contributed by atoms with Crippen LogP contribution in [0.1, 0.15) is 40.0 Å². The van der Waals surface area contributed by atoms with Gasteiger partial charge in [0.1, 0.15) is 0 Å². The molecular formula is C9H20O. The molecule has 10 heavy (non-hydrogen) atoms. The molecule has 0 aromatic rings. The Morgan fingerprint density at radius 3 is 1.50 bits per heavy atom. The lowest BCUT2D eigenvalue weighted by atomic mass is 9.81. The average molecular weight is 144 g/mol. The normalized spacial score (nSPS) is 12.0. The first-order chi connectivity index (χ1) is 4.74. The maximum atomic E-state index is 5.18. The third kappa shape index (κ3) is 2.30. The lowest BCUT2D eigenvalue weighted by Crippen LogP contribution is -2.23. The van der Waals surface area contributed by atoms with E-state index in [1.54, 1.807) is 7.11 Å². The highest BCUT2D eigenvalue weighted by atomic mass is 16.5. The monoisotopic (exact) mass is 144 g/mol. The third-order valence-corrected chi connectivity index (χ3v) is 2.70. The Morgan fingerprint density at radius 2 is 1.40 bits per heavy atom. The second kappa shape index (κ2) is 4.73. The van der Waals surface area contributed by atoms with Gasteiger partial charge in [0.05, 0.1) is 6.61 Å². The van der Waals surface area contributed by atoms with Crippen LogP contribution in [-0.2, 0) is 4.74 Å². The van der Waals surface area contributed by atoms with Crippen LogP contribution in [0.2, 0.25) is 0 Å². The van der Waals surface area contributed by atoms with Gasteiger partial charge in [0.25, 0.3) is 0 Å². The zero-order chi connectivity index (χ0) is 8.04. The van der Waals surface area contributed by atoms with Gasteiger partial charge < -0.3 is 4.74 Å². The Bertz CT molecular complexity index is 66.5. The molecule has 0 aromatic heterocycles. The van der Waals surface area contributed by atoms with E-state index in [0.29, 0.717) is 5.41 Å². The van der Waals surface area contributed by atoms with Crippen LogP contribution in [0.3, 0.4) is 0 Å². The van der Waals surface area contributed by atoms with Gasteiger partial charge in [0, 0.05) is 7.11 Å². The molecule has 0 heterocycles. The number of hydrogen-bond acceptors (Lipinski definition) is 1. The smallest absolute Gasteiger partial charge is 0.0518 e. The van der Waals surface area contributed by atoms with Crippen LogP contribution in [-0.4, -0.2) is 13.7 Å². The molecule has 0 bridgehead atoms. The highest BCUT2D eigenvalue weighted by Gasteiger charge is 2.22. The largest absolute Gasteiger partial charge is 0.384 e. The van der Waals surface area contributed by atoms with Crippen LogP contribution >= 0.6 is 0 Å². The number of hydrogen-bond donors (Lipinski definition) is 0. The van der Waals surface area contributed by atoms with Crippen molar-refractivity contribution in [1.29, 1.82) is 0 Å². The first kappa shape index (κ1) is 9.96. The summed E-state index contributed by atoms with van der Waals surface area (Å²) in [5, 5.41) is 0. The first-order valence-electron chi connectivity index (χ1n) is 4.23. The lowest BCUT2D eigenvalue weighted by Gasteiger charge is -2.29. The van der Waals surface area contributed by atoms with Crippen LogP contribution < -0.4 is 0 Å². The molecule has 0 atom stereocenters. The predicted molar refractivity (Wildman–Crippen MR) is 45.2 cm³/mol. The van der Waals surface area contributed by atoms with Gasteiger partial charge in [-0.1, -0.05) is 20.8 Å². The summed E-state index contributed by atoms with van der Waals surface area (Å²) < 4.78 is 5.18. The van der Waals surface area contributed by atoms with E-state index in [0.717, 1.165) is 6.61 Å². The van der Waals surface area contributed by atoms with Gasteiger partial charge >= 0.3 is 0 Å². The highest BCUT2D eigenvalue weighted by Crippen LogP contribution is 2.29. The molecule has 1 heteroatoms. The maximum absolute atomic E-state index is 5.18. The van der Waals surface area contributed by atoms with Crippen LogP contribution in [0, 0.1) is 5.41 Å². The number of ether oxygens (including phenoxy) is 1. The van der Waals surface area contributed by atoms with E-state index >= 15 is 0 Å². The van der Waals surface area contributed by atoms with Crippen molar-refractivity contribution in [2.45, 2.75) is 40.0 Å². The molecular weight excluding hydrogens is 124 g/mol. The molecule has 0 saturated carbocycles. The van der Waals surface area contributed by atoms with Crippen LogP contribution in [0.25, 0.3) is 0 Å². The summed E-state index contributed by atoms with van der Waals surface area (Å²) in [6.45, 7) is 7.64. The number of rotatable bonds is 5. The molecule has 0 spiro atoms. The summed E-state index contributed by atoms with van der Waals surface area (Å²) in [5.41, 5.74) is 0.453. The van der Waals surface area contributed by atoms with Crippen molar-refractivity contribution >= 4 is 0 Å². The molecule has 0 amide bonds. The van der Waals surface area contributed by atoms with Crippen molar-refractivity contribution in [1.82, 2.24) is 0 Å². The minimum atomic E-state index is 0.453. The van der Waals surface area contributed by atoms with Gasteiger partial charge in [-0.25, -0.2) is 0 Å². The van der Waals surface area contributed by atoms with Crippen LogP contribution in [0.4, 0.5) is 0 Å². The van der Waals surface area contributed by atoms with Crippen LogP contribution in [0.15, 0.2) is 0 Å². The van der Waals surface area contributed by atoms with Gasteiger partial charge in [-0.05, 0) is 24.7 Å². The zero-order valence-corrected chi connectivity index (χ0v) is 7.74. The van der Waals surface area contributed by atoms with Crippen molar-refractivity contribution in [3.8, 4) is 0 Å². The van der Waals surface area contributed by atoms with E-state index in [9.17, 15) is 0 Å². The molecule has 1 nitrogen and oxygen atoms in total. The Balaban J connectivity index is 3.87. The predicted octanol–water partition coefficient (Wildman–Crippen LogP) is 2.85. The van der Waals surface area contributed by atoms with E-state index in [4.69, 9.17) is 4.74 Å². The number of methoxy groups -OCH3 is 1. The lowest BCUT2D eigenvalue weighted by molar-refractivity contribution is 0.0691. The van der Waals surface area contributed by atoms with Crippen LogP contribution in [0.5, 0.6) is 0 Å². The summed E-state index contributed by atoms with van der Waals surface area (Å²) in [4.78, 5) is 0. The van der Waals surface area contributed by atoms with Crippen molar-refractivity contribution in [3.63, 3.8) is 0 Å². The molecule has 0 aromatic carbocycles. The minimum Gasteiger partial charge on any atom is -0.384 e. The van der Waals surface area contributed by atoms with E-state index in [1.165, 1.54) is 19.3 Å². The molecule has 62 valence electrons. The molecule has 0 rings (SSSR count). The summed E-state index contributed by atoms with van der Waals surface area (Å²) in [7, 11) is 1.79. The minimum absolute atomic E-state index is 0.453. The summed E-state index contributed by atoms with van der Waals surface area (Å²) in [6, 6.07) is 0. The Labute approximate surface area is 64.8 Å². The van der Waals surface area contributed by atoms with Crippen molar-refractivity contribution in [2.24, 2.45) is 5.41 Å². The fourth-order valence-corrected chi connectivity index (χ4v) is 1.36. The summed E-state index contributed by atoms with van der Waals surface area (Å²) >= 11 is 0. The fourth-order valence-electron chi connectivity index (χ4n) is 1.36. The summed E-state index contributed by atoms with van der Waals surface area (Å²) in [6.07, 6.45) is 3.69. The molecule has 0 fully saturated rings. The third-order valence-electron chi connectivity index (χ3n) is 2.70. The molecule has 0 saturated heterocycles. The molecule has 0 unspecified atom stereocenters.